The number of imidazole rings is 1. The van der Waals surface area contributed by atoms with Crippen molar-refractivity contribution in [2.24, 2.45) is 0 Å². The molecule has 2 N–H and O–H groups in total. The third-order valence-corrected chi connectivity index (χ3v) is 18.8. The summed E-state index contributed by atoms with van der Waals surface area (Å²) in [5, 5.41) is 0.0115. The number of aromatic nitrogens is 4. The minimum Gasteiger partial charge on any atom is -0.414 e. The Labute approximate surface area is 215 Å². The smallest absolute Gasteiger partial charge is 0.335 e. The molecule has 12 heteroatoms. The van der Waals surface area contributed by atoms with Crippen molar-refractivity contribution in [2.75, 3.05) is 18.6 Å². The third-order valence-electron chi connectivity index (χ3n) is 7.55. The number of nitrogen functional groups attached to an aromatic ring is 1. The molecule has 2 saturated heterocycles. The maximum absolute atomic E-state index is 7.34. The summed E-state index contributed by atoms with van der Waals surface area (Å²) in [5.74, 6) is 0.363. The van der Waals surface area contributed by atoms with Crippen molar-refractivity contribution in [3.8, 4) is 0 Å². The van der Waals surface area contributed by atoms with E-state index in [-0.39, 0.29) is 45.9 Å². The highest BCUT2D eigenvalue weighted by molar-refractivity contribution is 7.99. The maximum atomic E-state index is 7.34. The fourth-order valence-corrected chi connectivity index (χ4v) is 17.9. The van der Waals surface area contributed by atoms with Gasteiger partial charge in [-0.1, -0.05) is 55.4 Å². The van der Waals surface area contributed by atoms with Crippen molar-refractivity contribution in [1.29, 1.82) is 0 Å². The monoisotopic (exact) mass is 539 g/mol. The number of nitrogens with zero attached hydrogens (tertiary/aromatic N) is 4. The molecule has 0 unspecified atom stereocenters. The summed E-state index contributed by atoms with van der Waals surface area (Å²) in [6.45, 7) is 18.4. The maximum Gasteiger partial charge on any atom is 0.335 e. The number of fused-ring (bicyclic) bond motifs is 2. The fourth-order valence-electron chi connectivity index (χ4n) is 5.65. The molecular formula is C23H41N5O4SSi2. The number of thioether (sulfide) groups is 1. The SMILES string of the molecule is CS[C@@H]1[C@@H]2O[Si](C(C)C)(C(C)C)O[Si](C(C)C)(C(C)C)OC[C@H]2O[C@H]1n1cnc2c(N)ncnc21. The minimum absolute atomic E-state index is 0.0115. The summed E-state index contributed by atoms with van der Waals surface area (Å²) in [7, 11) is -5.35. The minimum atomic E-state index is -2.73. The normalized spacial score (nSPS) is 28.7. The molecule has 196 valence electrons. The summed E-state index contributed by atoms with van der Waals surface area (Å²) in [5.41, 5.74) is 8.41. The quantitative estimate of drug-likeness (QED) is 0.508. The van der Waals surface area contributed by atoms with Crippen LogP contribution < -0.4 is 5.73 Å². The Morgan fingerprint density at radius 1 is 0.971 bits per heavy atom. The van der Waals surface area contributed by atoms with E-state index in [9.17, 15) is 0 Å². The molecule has 2 fully saturated rings. The average Bonchev–Trinajstić information content (AvgIpc) is 3.34. The second-order valence-corrected chi connectivity index (χ2v) is 20.8. The molecule has 2 aliphatic rings. The zero-order chi connectivity index (χ0) is 25.7. The summed E-state index contributed by atoms with van der Waals surface area (Å²) < 4.78 is 30.2. The number of hydrogen-bond donors (Lipinski definition) is 1. The molecule has 4 atom stereocenters. The van der Waals surface area contributed by atoms with Crippen LogP contribution in [0.2, 0.25) is 22.2 Å². The van der Waals surface area contributed by atoms with E-state index in [1.807, 2.05) is 4.57 Å². The summed E-state index contributed by atoms with van der Waals surface area (Å²) in [6, 6.07) is 0. The Kier molecular flexibility index (Phi) is 7.74. The molecule has 0 aliphatic carbocycles. The Hall–Kier alpha value is -1.03. The highest BCUT2D eigenvalue weighted by atomic mass is 32.2. The van der Waals surface area contributed by atoms with Crippen LogP contribution in [0, 0.1) is 0 Å². The van der Waals surface area contributed by atoms with Gasteiger partial charge in [0.15, 0.2) is 17.7 Å². The second-order valence-electron chi connectivity index (χ2n) is 10.9. The van der Waals surface area contributed by atoms with E-state index in [0.29, 0.717) is 23.6 Å². The van der Waals surface area contributed by atoms with Crippen LogP contribution in [-0.4, -0.2) is 67.0 Å². The van der Waals surface area contributed by atoms with Crippen LogP contribution in [0.4, 0.5) is 5.82 Å². The molecule has 2 aromatic rings. The van der Waals surface area contributed by atoms with Crippen LogP contribution in [0.15, 0.2) is 12.7 Å². The van der Waals surface area contributed by atoms with E-state index < -0.39 is 17.1 Å². The van der Waals surface area contributed by atoms with Crippen LogP contribution in [-0.2, 0) is 17.7 Å². The number of ether oxygens (including phenoxy) is 1. The van der Waals surface area contributed by atoms with Gasteiger partial charge in [-0.25, -0.2) is 15.0 Å². The first-order chi connectivity index (χ1) is 16.5. The van der Waals surface area contributed by atoms with Gasteiger partial charge in [0, 0.05) is 0 Å². The van der Waals surface area contributed by atoms with E-state index in [1.165, 1.54) is 6.33 Å². The molecule has 35 heavy (non-hydrogen) atoms. The van der Waals surface area contributed by atoms with Crippen LogP contribution in [0.5, 0.6) is 0 Å². The topological polar surface area (TPSA) is 107 Å². The Morgan fingerprint density at radius 2 is 1.60 bits per heavy atom. The summed E-state index contributed by atoms with van der Waals surface area (Å²) >= 11 is 1.74. The van der Waals surface area contributed by atoms with E-state index in [1.54, 1.807) is 18.1 Å². The first-order valence-electron chi connectivity index (χ1n) is 12.6. The van der Waals surface area contributed by atoms with E-state index >= 15 is 0 Å². The van der Waals surface area contributed by atoms with Crippen LogP contribution in [0.3, 0.4) is 0 Å². The van der Waals surface area contributed by atoms with Crippen LogP contribution >= 0.6 is 11.8 Å². The van der Waals surface area contributed by atoms with Gasteiger partial charge < -0.3 is 23.4 Å². The molecule has 0 spiro atoms. The zero-order valence-electron chi connectivity index (χ0n) is 22.4. The Bertz CT molecular complexity index is 1020. The van der Waals surface area contributed by atoms with Crippen molar-refractivity contribution in [1.82, 2.24) is 19.5 Å². The lowest BCUT2D eigenvalue weighted by Crippen LogP contribution is -2.65. The van der Waals surface area contributed by atoms with E-state index in [2.05, 4.69) is 76.6 Å². The number of rotatable bonds is 6. The van der Waals surface area contributed by atoms with Gasteiger partial charge in [0.25, 0.3) is 0 Å². The number of hydrogen-bond acceptors (Lipinski definition) is 9. The Morgan fingerprint density at radius 3 is 2.17 bits per heavy atom. The second kappa shape index (κ2) is 10.0. The molecule has 0 bridgehead atoms. The van der Waals surface area contributed by atoms with Gasteiger partial charge in [0.1, 0.15) is 17.9 Å². The van der Waals surface area contributed by atoms with Gasteiger partial charge in [0.05, 0.1) is 24.3 Å². The molecule has 0 radical (unpaired) electrons. The first kappa shape index (κ1) is 27.0. The Balaban J connectivity index is 1.80. The molecule has 0 aromatic carbocycles. The van der Waals surface area contributed by atoms with Gasteiger partial charge in [0.2, 0.25) is 0 Å². The molecule has 9 nitrogen and oxygen atoms in total. The molecule has 0 amide bonds. The van der Waals surface area contributed by atoms with Crippen molar-refractivity contribution < 1.29 is 17.7 Å². The summed E-state index contributed by atoms with van der Waals surface area (Å²) in [4.78, 5) is 13.0. The predicted octanol–water partition coefficient (Wildman–Crippen LogP) is 4.99. The molecule has 2 aromatic heterocycles. The molecule has 4 heterocycles. The molecule has 4 rings (SSSR count). The third kappa shape index (κ3) is 4.38. The van der Waals surface area contributed by atoms with Crippen LogP contribution in [0.25, 0.3) is 11.2 Å². The van der Waals surface area contributed by atoms with E-state index in [4.69, 9.17) is 23.4 Å². The van der Waals surface area contributed by atoms with Crippen LogP contribution in [0.1, 0.15) is 61.6 Å². The van der Waals surface area contributed by atoms with Gasteiger partial charge in [-0.3, -0.25) is 4.57 Å². The van der Waals surface area contributed by atoms with Gasteiger partial charge >= 0.3 is 17.1 Å². The highest BCUT2D eigenvalue weighted by Crippen LogP contribution is 2.50. The largest absolute Gasteiger partial charge is 0.414 e. The van der Waals surface area contributed by atoms with Crippen molar-refractivity contribution >= 4 is 45.9 Å². The lowest BCUT2D eigenvalue weighted by Gasteiger charge is -2.51. The number of anilines is 1. The fraction of sp³-hybridized carbons (Fsp3) is 0.783. The number of nitrogens with two attached hydrogens (primary N) is 1. The predicted molar refractivity (Wildman–Crippen MR) is 145 cm³/mol. The summed E-state index contributed by atoms with van der Waals surface area (Å²) in [6.07, 6.45) is 4.61. The zero-order valence-corrected chi connectivity index (χ0v) is 25.2. The van der Waals surface area contributed by atoms with Gasteiger partial charge in [-0.15, -0.1) is 0 Å². The molecule has 2 aliphatic heterocycles. The van der Waals surface area contributed by atoms with Crippen molar-refractivity contribution in [3.63, 3.8) is 0 Å². The lowest BCUT2D eigenvalue weighted by molar-refractivity contribution is -0.0544. The van der Waals surface area contributed by atoms with Crippen molar-refractivity contribution in [2.45, 2.75) is 101 Å². The van der Waals surface area contributed by atoms with Gasteiger partial charge in [-0.05, 0) is 28.4 Å². The van der Waals surface area contributed by atoms with Crippen molar-refractivity contribution in [3.05, 3.63) is 12.7 Å². The average molecular weight is 540 g/mol. The standard InChI is InChI=1S/C23H41N5O4SSi2/c1-13(2)34(14(3)4)29-10-17-19(31-35(32-34,15(5)6)16(7)8)20(33-9)23(30-17)28-12-27-18-21(24)25-11-26-22(18)28/h11-17,19-20,23H,10H2,1-9H3,(H2,24,25,26)/t17-,19-,20-,23-/m1/s1. The van der Waals surface area contributed by atoms with E-state index in [0.717, 1.165) is 0 Å². The molecule has 0 saturated carbocycles. The molecular weight excluding hydrogens is 499 g/mol. The first-order valence-corrected chi connectivity index (χ1v) is 17.8. The lowest BCUT2D eigenvalue weighted by atomic mass is 10.2. The van der Waals surface area contributed by atoms with Gasteiger partial charge in [-0.2, -0.15) is 11.8 Å². The highest BCUT2D eigenvalue weighted by Gasteiger charge is 2.61.